The lowest BCUT2D eigenvalue weighted by Gasteiger charge is -2.09. The summed E-state index contributed by atoms with van der Waals surface area (Å²) in [7, 11) is 0. The van der Waals surface area contributed by atoms with Crippen molar-refractivity contribution in [2.24, 2.45) is 0 Å². The molecular formula is C19H22O2. The van der Waals surface area contributed by atoms with Crippen molar-refractivity contribution in [3.63, 3.8) is 0 Å². The van der Waals surface area contributed by atoms with Crippen LogP contribution in [0.1, 0.15) is 24.0 Å². The summed E-state index contributed by atoms with van der Waals surface area (Å²) in [4.78, 5) is 0. The second-order valence-electron chi connectivity index (χ2n) is 4.94. The van der Waals surface area contributed by atoms with E-state index >= 15 is 0 Å². The zero-order valence-corrected chi connectivity index (χ0v) is 12.5. The summed E-state index contributed by atoms with van der Waals surface area (Å²) in [5, 5.41) is 0. The van der Waals surface area contributed by atoms with E-state index in [4.69, 9.17) is 9.47 Å². The van der Waals surface area contributed by atoms with Gasteiger partial charge in [0.15, 0.2) is 0 Å². The molecule has 0 aliphatic carbocycles. The van der Waals surface area contributed by atoms with Crippen LogP contribution >= 0.6 is 0 Å². The van der Waals surface area contributed by atoms with Crippen molar-refractivity contribution in [3.05, 3.63) is 66.2 Å². The molecule has 2 rings (SSSR count). The maximum atomic E-state index is 5.75. The maximum absolute atomic E-state index is 5.75. The Morgan fingerprint density at radius 2 is 1.57 bits per heavy atom. The molecule has 0 saturated carbocycles. The third-order valence-corrected chi connectivity index (χ3v) is 3.27. The minimum Gasteiger partial charge on any atom is -0.494 e. The SMILES string of the molecule is C=Cc1ccc(OCCCCOc2ccccc2C)cc1. The van der Waals surface area contributed by atoms with Crippen LogP contribution < -0.4 is 9.47 Å². The van der Waals surface area contributed by atoms with E-state index in [1.54, 1.807) is 0 Å². The topological polar surface area (TPSA) is 18.5 Å². The first kappa shape index (κ1) is 15.2. The van der Waals surface area contributed by atoms with Crippen LogP contribution in [0.3, 0.4) is 0 Å². The van der Waals surface area contributed by atoms with E-state index in [2.05, 4.69) is 19.6 Å². The van der Waals surface area contributed by atoms with Crippen molar-refractivity contribution in [3.8, 4) is 11.5 Å². The highest BCUT2D eigenvalue weighted by Crippen LogP contribution is 2.16. The Morgan fingerprint density at radius 1 is 0.905 bits per heavy atom. The lowest BCUT2D eigenvalue weighted by Crippen LogP contribution is -2.03. The largest absolute Gasteiger partial charge is 0.494 e. The summed E-state index contributed by atoms with van der Waals surface area (Å²) in [6, 6.07) is 16.0. The molecule has 2 aromatic carbocycles. The Balaban J connectivity index is 1.61. The van der Waals surface area contributed by atoms with E-state index in [1.807, 2.05) is 48.5 Å². The highest BCUT2D eigenvalue weighted by molar-refractivity contribution is 5.48. The molecule has 2 heteroatoms. The number of hydrogen-bond acceptors (Lipinski definition) is 2. The zero-order chi connectivity index (χ0) is 14.9. The number of hydrogen-bond donors (Lipinski definition) is 0. The van der Waals surface area contributed by atoms with Crippen LogP contribution in [0, 0.1) is 6.92 Å². The number of aryl methyl sites for hydroxylation is 1. The lowest BCUT2D eigenvalue weighted by molar-refractivity contribution is 0.265. The average Bonchev–Trinajstić information content (AvgIpc) is 2.53. The fourth-order valence-corrected chi connectivity index (χ4v) is 1.99. The van der Waals surface area contributed by atoms with Crippen LogP contribution in [0.25, 0.3) is 6.08 Å². The normalized spacial score (nSPS) is 10.1. The van der Waals surface area contributed by atoms with E-state index < -0.39 is 0 Å². The number of ether oxygens (including phenoxy) is 2. The summed E-state index contributed by atoms with van der Waals surface area (Å²) in [6.45, 7) is 7.23. The zero-order valence-electron chi connectivity index (χ0n) is 12.5. The third-order valence-electron chi connectivity index (χ3n) is 3.27. The molecular weight excluding hydrogens is 260 g/mol. The molecule has 0 bridgehead atoms. The number of benzene rings is 2. The van der Waals surface area contributed by atoms with E-state index in [9.17, 15) is 0 Å². The summed E-state index contributed by atoms with van der Waals surface area (Å²) >= 11 is 0. The van der Waals surface area contributed by atoms with Crippen molar-refractivity contribution in [2.75, 3.05) is 13.2 Å². The molecule has 110 valence electrons. The summed E-state index contributed by atoms with van der Waals surface area (Å²) in [6.07, 6.45) is 3.79. The number of rotatable bonds is 8. The second-order valence-corrected chi connectivity index (χ2v) is 4.94. The van der Waals surface area contributed by atoms with Gasteiger partial charge in [0.25, 0.3) is 0 Å². The first-order valence-electron chi connectivity index (χ1n) is 7.33. The van der Waals surface area contributed by atoms with Gasteiger partial charge in [-0.25, -0.2) is 0 Å². The molecule has 0 aromatic heterocycles. The van der Waals surface area contributed by atoms with Gasteiger partial charge >= 0.3 is 0 Å². The highest BCUT2D eigenvalue weighted by atomic mass is 16.5. The van der Waals surface area contributed by atoms with Gasteiger partial charge in [-0.05, 0) is 49.1 Å². The van der Waals surface area contributed by atoms with Gasteiger partial charge in [0.2, 0.25) is 0 Å². The number of unbranched alkanes of at least 4 members (excludes halogenated alkanes) is 1. The van der Waals surface area contributed by atoms with Crippen molar-refractivity contribution in [2.45, 2.75) is 19.8 Å². The minimum atomic E-state index is 0.713. The standard InChI is InChI=1S/C19H22O2/c1-3-17-10-12-18(13-11-17)20-14-6-7-15-21-19-9-5-4-8-16(19)2/h3-5,8-13H,1,6-7,14-15H2,2H3. The maximum Gasteiger partial charge on any atom is 0.122 e. The van der Waals surface area contributed by atoms with Crippen LogP contribution in [-0.2, 0) is 0 Å². The molecule has 0 unspecified atom stereocenters. The first-order chi connectivity index (χ1) is 10.3. The molecule has 2 nitrogen and oxygen atoms in total. The van der Waals surface area contributed by atoms with Crippen LogP contribution in [0.15, 0.2) is 55.1 Å². The van der Waals surface area contributed by atoms with Gasteiger partial charge in [-0.15, -0.1) is 0 Å². The van der Waals surface area contributed by atoms with Crippen LogP contribution in [-0.4, -0.2) is 13.2 Å². The minimum absolute atomic E-state index is 0.713. The summed E-state index contributed by atoms with van der Waals surface area (Å²) < 4.78 is 11.4. The van der Waals surface area contributed by atoms with Gasteiger partial charge in [0, 0.05) is 0 Å². The van der Waals surface area contributed by atoms with Crippen LogP contribution in [0.4, 0.5) is 0 Å². The Bertz CT molecular complexity index is 558. The molecule has 0 amide bonds. The quantitative estimate of drug-likeness (QED) is 0.643. The summed E-state index contributed by atoms with van der Waals surface area (Å²) in [5.74, 6) is 1.87. The second kappa shape index (κ2) is 8.15. The lowest BCUT2D eigenvalue weighted by atomic mass is 10.2. The predicted octanol–water partition coefficient (Wildman–Crippen LogP) is 4.88. The predicted molar refractivity (Wildman–Crippen MR) is 87.9 cm³/mol. The fraction of sp³-hybridized carbons (Fsp3) is 0.263. The molecule has 0 radical (unpaired) electrons. The molecule has 0 aliphatic heterocycles. The van der Waals surface area contributed by atoms with Crippen molar-refractivity contribution in [1.82, 2.24) is 0 Å². The Labute approximate surface area is 127 Å². The molecule has 0 fully saturated rings. The monoisotopic (exact) mass is 282 g/mol. The molecule has 0 spiro atoms. The van der Waals surface area contributed by atoms with E-state index in [0.29, 0.717) is 6.61 Å². The average molecular weight is 282 g/mol. The molecule has 0 atom stereocenters. The van der Waals surface area contributed by atoms with Gasteiger partial charge < -0.3 is 9.47 Å². The Hall–Kier alpha value is -2.22. The Morgan fingerprint density at radius 3 is 2.24 bits per heavy atom. The van der Waals surface area contributed by atoms with E-state index in [1.165, 1.54) is 5.56 Å². The molecule has 0 aliphatic rings. The van der Waals surface area contributed by atoms with Crippen molar-refractivity contribution >= 4 is 6.08 Å². The molecule has 21 heavy (non-hydrogen) atoms. The third kappa shape index (κ3) is 4.99. The molecule has 0 N–H and O–H groups in total. The molecule has 0 heterocycles. The van der Waals surface area contributed by atoms with Gasteiger partial charge in [0.05, 0.1) is 13.2 Å². The Kier molecular flexibility index (Phi) is 5.89. The highest BCUT2D eigenvalue weighted by Gasteiger charge is 1.98. The molecule has 0 saturated heterocycles. The van der Waals surface area contributed by atoms with Crippen LogP contribution in [0.5, 0.6) is 11.5 Å². The fourth-order valence-electron chi connectivity index (χ4n) is 1.99. The first-order valence-corrected chi connectivity index (χ1v) is 7.33. The summed E-state index contributed by atoms with van der Waals surface area (Å²) in [5.41, 5.74) is 2.28. The van der Waals surface area contributed by atoms with Gasteiger partial charge in [-0.3, -0.25) is 0 Å². The van der Waals surface area contributed by atoms with Crippen molar-refractivity contribution in [1.29, 1.82) is 0 Å². The van der Waals surface area contributed by atoms with E-state index in [0.717, 1.165) is 36.5 Å². The smallest absolute Gasteiger partial charge is 0.122 e. The molecule has 2 aromatic rings. The van der Waals surface area contributed by atoms with Gasteiger partial charge in [-0.2, -0.15) is 0 Å². The van der Waals surface area contributed by atoms with Crippen LogP contribution in [0.2, 0.25) is 0 Å². The van der Waals surface area contributed by atoms with Gasteiger partial charge in [0.1, 0.15) is 11.5 Å². The van der Waals surface area contributed by atoms with Crippen molar-refractivity contribution < 1.29 is 9.47 Å². The van der Waals surface area contributed by atoms with Gasteiger partial charge in [-0.1, -0.05) is 43.0 Å². The number of para-hydroxylation sites is 1. The van der Waals surface area contributed by atoms with E-state index in [-0.39, 0.29) is 0 Å².